The molecule has 3 rings (SSSR count). The average Bonchev–Trinajstić information content (AvgIpc) is 2.81. The molecule has 0 unspecified atom stereocenters. The largest absolute Gasteiger partial charge is 0.493 e. The minimum absolute atomic E-state index is 0.00663. The summed E-state index contributed by atoms with van der Waals surface area (Å²) in [6, 6.07) is 11.2. The van der Waals surface area contributed by atoms with E-state index in [1.54, 1.807) is 35.2 Å². The summed E-state index contributed by atoms with van der Waals surface area (Å²) in [7, 11) is 1.48. The first-order chi connectivity index (χ1) is 15.4. The van der Waals surface area contributed by atoms with Crippen LogP contribution in [0.2, 0.25) is 0 Å². The molecule has 0 saturated heterocycles. The number of rotatable bonds is 9. The third-order valence-corrected chi connectivity index (χ3v) is 5.56. The topological polar surface area (TPSA) is 125 Å². The quantitative estimate of drug-likeness (QED) is 0.469. The molecule has 2 amide bonds. The zero-order chi connectivity index (χ0) is 23.1. The summed E-state index contributed by atoms with van der Waals surface area (Å²) in [5, 5.41) is 11.5. The van der Waals surface area contributed by atoms with Crippen LogP contribution in [0.4, 0.5) is 5.69 Å². The number of amides is 2. The minimum atomic E-state index is -0.602. The van der Waals surface area contributed by atoms with Crippen LogP contribution in [0.1, 0.15) is 48.0 Å². The van der Waals surface area contributed by atoms with Crippen molar-refractivity contribution in [1.82, 2.24) is 4.90 Å². The molecule has 0 bridgehead atoms. The van der Waals surface area contributed by atoms with Crippen LogP contribution in [0.5, 0.6) is 11.5 Å². The van der Waals surface area contributed by atoms with Crippen molar-refractivity contribution in [3.63, 3.8) is 0 Å². The van der Waals surface area contributed by atoms with Crippen LogP contribution >= 0.6 is 0 Å². The highest BCUT2D eigenvalue weighted by Gasteiger charge is 2.30. The first kappa shape index (κ1) is 23.1. The lowest BCUT2D eigenvalue weighted by Gasteiger charge is -2.34. The van der Waals surface area contributed by atoms with Gasteiger partial charge in [0.15, 0.2) is 18.1 Å². The summed E-state index contributed by atoms with van der Waals surface area (Å²) in [5.41, 5.74) is 5.80. The number of methoxy groups -OCH3 is 1. The highest BCUT2D eigenvalue weighted by atomic mass is 16.6. The maximum Gasteiger partial charge on any atom is 0.282 e. The second-order valence-corrected chi connectivity index (χ2v) is 7.74. The Morgan fingerprint density at radius 2 is 1.84 bits per heavy atom. The number of benzene rings is 2. The molecular weight excluding hydrogens is 414 g/mol. The molecule has 0 aliphatic heterocycles. The fourth-order valence-electron chi connectivity index (χ4n) is 4.00. The van der Waals surface area contributed by atoms with Crippen molar-refractivity contribution in [2.24, 2.45) is 5.73 Å². The predicted octanol–water partition coefficient (Wildman–Crippen LogP) is 3.44. The maximum atomic E-state index is 13.5. The zero-order valence-electron chi connectivity index (χ0n) is 18.0. The Kier molecular flexibility index (Phi) is 7.64. The Morgan fingerprint density at radius 1 is 1.12 bits per heavy atom. The van der Waals surface area contributed by atoms with E-state index in [0.717, 1.165) is 37.7 Å². The molecule has 32 heavy (non-hydrogen) atoms. The summed E-state index contributed by atoms with van der Waals surface area (Å²) in [6.45, 7) is -0.0118. The number of nitro groups is 1. The number of primary amides is 1. The standard InChI is InChI=1S/C23H27N3O6/c1-31-21-13-16(11-12-20(21)32-15-22(24)27)14-25(17-7-3-2-4-8-17)23(28)18-9-5-6-10-19(18)26(29)30/h5-6,9-13,17H,2-4,7-8,14-15H2,1H3,(H2,24,27). The van der Waals surface area contributed by atoms with Crippen LogP contribution in [0.3, 0.4) is 0 Å². The molecule has 0 heterocycles. The number of hydrogen-bond donors (Lipinski definition) is 1. The Balaban J connectivity index is 1.91. The van der Waals surface area contributed by atoms with Crippen LogP contribution in [0, 0.1) is 10.1 Å². The van der Waals surface area contributed by atoms with Crippen LogP contribution in [0.25, 0.3) is 0 Å². The fraction of sp³-hybridized carbons (Fsp3) is 0.391. The Morgan fingerprint density at radius 3 is 2.50 bits per heavy atom. The van der Waals surface area contributed by atoms with E-state index >= 15 is 0 Å². The lowest BCUT2D eigenvalue weighted by Crippen LogP contribution is -2.41. The van der Waals surface area contributed by atoms with Crippen LogP contribution in [0.15, 0.2) is 42.5 Å². The van der Waals surface area contributed by atoms with Gasteiger partial charge in [0, 0.05) is 18.7 Å². The summed E-state index contributed by atoms with van der Waals surface area (Å²) in [4.78, 5) is 37.2. The van der Waals surface area contributed by atoms with Gasteiger partial charge in [-0.15, -0.1) is 0 Å². The Hall–Kier alpha value is -3.62. The molecule has 0 radical (unpaired) electrons. The van der Waals surface area contributed by atoms with E-state index in [1.165, 1.54) is 19.2 Å². The molecule has 1 fully saturated rings. The molecule has 0 aromatic heterocycles. The molecular formula is C23H27N3O6. The van der Waals surface area contributed by atoms with Gasteiger partial charge in [-0.05, 0) is 36.6 Å². The van der Waals surface area contributed by atoms with Gasteiger partial charge in [0.05, 0.1) is 12.0 Å². The first-order valence-electron chi connectivity index (χ1n) is 10.5. The van der Waals surface area contributed by atoms with Crippen molar-refractivity contribution in [2.75, 3.05) is 13.7 Å². The summed E-state index contributed by atoms with van der Waals surface area (Å²) in [5.74, 6) is -0.193. The van der Waals surface area contributed by atoms with E-state index in [4.69, 9.17) is 15.2 Å². The summed E-state index contributed by atoms with van der Waals surface area (Å²) in [6.07, 6.45) is 4.83. The number of nitro benzene ring substituents is 1. The molecule has 2 N–H and O–H groups in total. The van der Waals surface area contributed by atoms with E-state index in [9.17, 15) is 19.7 Å². The lowest BCUT2D eigenvalue weighted by molar-refractivity contribution is -0.385. The molecule has 1 aliphatic carbocycles. The number of para-hydroxylation sites is 1. The fourth-order valence-corrected chi connectivity index (χ4v) is 4.00. The van der Waals surface area contributed by atoms with Crippen LogP contribution in [-0.2, 0) is 11.3 Å². The van der Waals surface area contributed by atoms with E-state index in [-0.39, 0.29) is 36.4 Å². The van der Waals surface area contributed by atoms with Gasteiger partial charge in [-0.1, -0.05) is 37.5 Å². The molecule has 1 saturated carbocycles. The van der Waals surface area contributed by atoms with Crippen LogP contribution < -0.4 is 15.2 Å². The summed E-state index contributed by atoms with van der Waals surface area (Å²) < 4.78 is 10.7. The lowest BCUT2D eigenvalue weighted by atomic mass is 9.93. The van der Waals surface area contributed by atoms with E-state index in [2.05, 4.69) is 0 Å². The molecule has 9 heteroatoms. The average molecular weight is 441 g/mol. The predicted molar refractivity (Wildman–Crippen MR) is 118 cm³/mol. The highest BCUT2D eigenvalue weighted by Crippen LogP contribution is 2.31. The normalized spacial score (nSPS) is 13.9. The molecule has 0 spiro atoms. The second-order valence-electron chi connectivity index (χ2n) is 7.74. The van der Waals surface area contributed by atoms with Crippen molar-refractivity contribution >= 4 is 17.5 Å². The third kappa shape index (κ3) is 5.54. The smallest absolute Gasteiger partial charge is 0.282 e. The molecule has 170 valence electrons. The second kappa shape index (κ2) is 10.6. The van der Waals surface area contributed by atoms with Crippen molar-refractivity contribution in [3.05, 3.63) is 63.7 Å². The maximum absolute atomic E-state index is 13.5. The molecule has 1 aliphatic rings. The van der Waals surface area contributed by atoms with Crippen LogP contribution in [-0.4, -0.2) is 41.4 Å². The number of ether oxygens (including phenoxy) is 2. The van der Waals surface area contributed by atoms with Crippen molar-refractivity contribution in [2.45, 2.75) is 44.7 Å². The monoisotopic (exact) mass is 441 g/mol. The van der Waals surface area contributed by atoms with Gasteiger partial charge in [0.2, 0.25) is 0 Å². The summed E-state index contributed by atoms with van der Waals surface area (Å²) >= 11 is 0. The minimum Gasteiger partial charge on any atom is -0.493 e. The first-order valence-corrected chi connectivity index (χ1v) is 10.5. The number of hydrogen-bond acceptors (Lipinski definition) is 6. The van der Waals surface area contributed by atoms with Gasteiger partial charge in [0.25, 0.3) is 17.5 Å². The molecule has 0 atom stereocenters. The number of carbonyl (C=O) groups excluding carboxylic acids is 2. The van der Waals surface area contributed by atoms with Crippen molar-refractivity contribution in [1.29, 1.82) is 0 Å². The van der Waals surface area contributed by atoms with Gasteiger partial charge in [-0.3, -0.25) is 19.7 Å². The van der Waals surface area contributed by atoms with Crippen molar-refractivity contribution in [3.8, 4) is 11.5 Å². The molecule has 2 aromatic rings. The van der Waals surface area contributed by atoms with E-state index < -0.39 is 10.8 Å². The number of nitrogens with zero attached hydrogens (tertiary/aromatic N) is 2. The Labute approximate surface area is 186 Å². The number of nitrogens with two attached hydrogens (primary N) is 1. The highest BCUT2D eigenvalue weighted by molar-refractivity contribution is 5.98. The van der Waals surface area contributed by atoms with Gasteiger partial charge in [0.1, 0.15) is 5.56 Å². The van der Waals surface area contributed by atoms with E-state index in [1.807, 2.05) is 0 Å². The number of carbonyl (C=O) groups is 2. The third-order valence-electron chi connectivity index (χ3n) is 5.56. The molecule has 2 aromatic carbocycles. The van der Waals surface area contributed by atoms with E-state index in [0.29, 0.717) is 11.5 Å². The van der Waals surface area contributed by atoms with Gasteiger partial charge in [-0.2, -0.15) is 0 Å². The molecule has 9 nitrogen and oxygen atoms in total. The zero-order valence-corrected chi connectivity index (χ0v) is 18.0. The van der Waals surface area contributed by atoms with Gasteiger partial charge >= 0.3 is 0 Å². The SMILES string of the molecule is COc1cc(CN(C(=O)c2ccccc2[N+](=O)[O-])C2CCCCC2)ccc1OCC(N)=O. The van der Waals surface area contributed by atoms with Gasteiger partial charge < -0.3 is 20.1 Å². The van der Waals surface area contributed by atoms with Gasteiger partial charge in [-0.25, -0.2) is 0 Å². The Bertz CT molecular complexity index is 987. The van der Waals surface area contributed by atoms with Crippen molar-refractivity contribution < 1.29 is 24.0 Å².